The molecule has 0 bridgehead atoms. The van der Waals surface area contributed by atoms with E-state index in [1.165, 1.54) is 17.8 Å². The maximum Gasteiger partial charge on any atom is 0.273 e. The molecule has 26 heavy (non-hydrogen) atoms. The van der Waals surface area contributed by atoms with Crippen LogP contribution < -0.4 is 10.5 Å². The van der Waals surface area contributed by atoms with Gasteiger partial charge in [-0.2, -0.15) is 4.98 Å². The molecule has 0 N–H and O–H groups in total. The largest absolute Gasteiger partial charge is 0.324 e. The molecule has 7 heteroatoms. The molecule has 1 unspecified atom stereocenters. The fraction of sp³-hybridized carbons (Fsp3) is 0.421. The quantitative estimate of drug-likeness (QED) is 0.593. The molecule has 1 amide bonds. The first kappa shape index (κ1) is 17.7. The molecule has 2 heterocycles. The van der Waals surface area contributed by atoms with Gasteiger partial charge in [0.15, 0.2) is 5.16 Å². The summed E-state index contributed by atoms with van der Waals surface area (Å²) in [5.41, 5.74) is 0.746. The van der Waals surface area contributed by atoms with Crippen molar-refractivity contribution in [1.82, 2.24) is 9.55 Å². The SMILES string of the molecule is CC1CCN(C(=O)CSc2nc(=O)ccn2C2CC2)c2ccccc2S1. The smallest absolute Gasteiger partial charge is 0.273 e. The number of hydrogen-bond acceptors (Lipinski definition) is 5. The Morgan fingerprint density at radius 3 is 2.88 bits per heavy atom. The topological polar surface area (TPSA) is 55.2 Å². The Morgan fingerprint density at radius 1 is 1.27 bits per heavy atom. The number of para-hydroxylation sites is 1. The second kappa shape index (κ2) is 7.48. The molecule has 1 aromatic heterocycles. The molecule has 5 nitrogen and oxygen atoms in total. The van der Waals surface area contributed by atoms with Crippen LogP contribution in [-0.2, 0) is 4.79 Å². The van der Waals surface area contributed by atoms with Gasteiger partial charge in [0.2, 0.25) is 5.91 Å². The van der Waals surface area contributed by atoms with Crippen LogP contribution in [0.1, 0.15) is 32.2 Å². The van der Waals surface area contributed by atoms with E-state index in [-0.39, 0.29) is 17.2 Å². The summed E-state index contributed by atoms with van der Waals surface area (Å²) in [7, 11) is 0. The van der Waals surface area contributed by atoms with Crippen LogP contribution in [0.4, 0.5) is 5.69 Å². The average molecular weight is 388 g/mol. The monoisotopic (exact) mass is 387 g/mol. The zero-order valence-electron chi connectivity index (χ0n) is 14.6. The predicted octanol–water partition coefficient (Wildman–Crippen LogP) is 3.59. The van der Waals surface area contributed by atoms with Gasteiger partial charge in [0.1, 0.15) is 0 Å². The molecule has 1 atom stereocenters. The summed E-state index contributed by atoms with van der Waals surface area (Å²) in [5.74, 6) is 0.355. The van der Waals surface area contributed by atoms with E-state index in [4.69, 9.17) is 0 Å². The maximum absolute atomic E-state index is 13.0. The molecular formula is C19H21N3O2S2. The number of thioether (sulfide) groups is 2. The summed E-state index contributed by atoms with van der Waals surface area (Å²) in [6.07, 6.45) is 4.99. The molecule has 0 saturated heterocycles. The van der Waals surface area contributed by atoms with Crippen molar-refractivity contribution < 1.29 is 4.79 Å². The Hall–Kier alpha value is -1.73. The van der Waals surface area contributed by atoms with Crippen LogP contribution in [0.25, 0.3) is 0 Å². The lowest BCUT2D eigenvalue weighted by atomic mass is 10.2. The van der Waals surface area contributed by atoms with Crippen LogP contribution in [0.5, 0.6) is 0 Å². The summed E-state index contributed by atoms with van der Waals surface area (Å²) in [6.45, 7) is 2.93. The summed E-state index contributed by atoms with van der Waals surface area (Å²) < 4.78 is 2.04. The summed E-state index contributed by atoms with van der Waals surface area (Å²) in [4.78, 5) is 31.8. The molecule has 2 aromatic rings. The Kier molecular flexibility index (Phi) is 5.09. The summed E-state index contributed by atoms with van der Waals surface area (Å²) in [6, 6.07) is 10.0. The molecule has 2 aliphatic rings. The highest BCUT2D eigenvalue weighted by molar-refractivity contribution is 8.00. The van der Waals surface area contributed by atoms with Crippen molar-refractivity contribution in [2.75, 3.05) is 17.2 Å². The number of hydrogen-bond donors (Lipinski definition) is 0. The lowest BCUT2D eigenvalue weighted by Gasteiger charge is -2.22. The van der Waals surface area contributed by atoms with Crippen molar-refractivity contribution in [3.8, 4) is 0 Å². The number of carbonyl (C=O) groups excluding carboxylic acids is 1. The minimum absolute atomic E-state index is 0.0672. The van der Waals surface area contributed by atoms with Gasteiger partial charge >= 0.3 is 0 Å². The van der Waals surface area contributed by atoms with Crippen LogP contribution in [-0.4, -0.2) is 33.0 Å². The molecule has 1 aliphatic heterocycles. The molecule has 1 aliphatic carbocycles. The minimum Gasteiger partial charge on any atom is -0.324 e. The highest BCUT2D eigenvalue weighted by Crippen LogP contribution is 2.39. The number of carbonyl (C=O) groups is 1. The number of amides is 1. The van der Waals surface area contributed by atoms with Crippen LogP contribution in [0.2, 0.25) is 0 Å². The fourth-order valence-electron chi connectivity index (χ4n) is 3.08. The third-order valence-electron chi connectivity index (χ3n) is 4.61. The first-order chi connectivity index (χ1) is 12.6. The third-order valence-corrected chi connectivity index (χ3v) is 6.80. The van der Waals surface area contributed by atoms with Gasteiger partial charge in [0.05, 0.1) is 11.4 Å². The highest BCUT2D eigenvalue weighted by atomic mass is 32.2. The van der Waals surface area contributed by atoms with Gasteiger partial charge in [-0.25, -0.2) is 0 Å². The number of nitrogens with zero attached hydrogens (tertiary/aromatic N) is 3. The Balaban J connectivity index is 1.52. The molecule has 0 spiro atoms. The van der Waals surface area contributed by atoms with E-state index >= 15 is 0 Å². The van der Waals surface area contributed by atoms with Gasteiger partial charge in [-0.1, -0.05) is 30.8 Å². The van der Waals surface area contributed by atoms with Crippen molar-refractivity contribution in [3.63, 3.8) is 0 Å². The van der Waals surface area contributed by atoms with Crippen LogP contribution in [0.3, 0.4) is 0 Å². The minimum atomic E-state index is -0.248. The van der Waals surface area contributed by atoms with Gasteiger partial charge in [0.25, 0.3) is 5.56 Å². The molecule has 1 fully saturated rings. The van der Waals surface area contributed by atoms with E-state index in [0.717, 1.165) is 36.4 Å². The molecule has 0 radical (unpaired) electrons. The standard InChI is InChI=1S/C19H21N3O2S2/c1-13-8-10-22(15-4-2-3-5-16(15)26-13)18(24)12-25-19-20-17(23)9-11-21(19)14-6-7-14/h2-5,9,11,13-14H,6-8,10,12H2,1H3. The van der Waals surface area contributed by atoms with Gasteiger partial charge in [0, 0.05) is 35.0 Å². The number of anilines is 1. The van der Waals surface area contributed by atoms with E-state index < -0.39 is 0 Å². The second-order valence-corrected chi connectivity index (χ2v) is 9.13. The first-order valence-corrected chi connectivity index (χ1v) is 10.8. The lowest BCUT2D eigenvalue weighted by molar-refractivity contribution is -0.116. The van der Waals surface area contributed by atoms with Crippen LogP contribution >= 0.6 is 23.5 Å². The van der Waals surface area contributed by atoms with E-state index in [2.05, 4.69) is 18.0 Å². The van der Waals surface area contributed by atoms with Crippen molar-refractivity contribution in [3.05, 3.63) is 46.9 Å². The highest BCUT2D eigenvalue weighted by Gasteiger charge is 2.27. The first-order valence-electron chi connectivity index (χ1n) is 8.90. The summed E-state index contributed by atoms with van der Waals surface area (Å²) >= 11 is 3.19. The molecule has 136 valence electrons. The molecule has 1 saturated carbocycles. The van der Waals surface area contributed by atoms with Gasteiger partial charge in [-0.05, 0) is 31.4 Å². The van der Waals surface area contributed by atoms with E-state index in [1.807, 2.05) is 39.4 Å². The van der Waals surface area contributed by atoms with Crippen molar-refractivity contribution in [1.29, 1.82) is 0 Å². The van der Waals surface area contributed by atoms with Crippen LogP contribution in [0, 0.1) is 0 Å². The van der Waals surface area contributed by atoms with Gasteiger partial charge in [-0.15, -0.1) is 11.8 Å². The molecule has 4 rings (SSSR count). The van der Waals surface area contributed by atoms with Crippen molar-refractivity contribution in [2.24, 2.45) is 0 Å². The zero-order chi connectivity index (χ0) is 18.1. The third kappa shape index (κ3) is 3.83. The van der Waals surface area contributed by atoms with Crippen molar-refractivity contribution in [2.45, 2.75) is 47.5 Å². The van der Waals surface area contributed by atoms with E-state index in [1.54, 1.807) is 6.20 Å². The number of benzene rings is 1. The lowest BCUT2D eigenvalue weighted by Crippen LogP contribution is -2.33. The fourth-order valence-corrected chi connectivity index (χ4v) is 5.12. The number of fused-ring (bicyclic) bond motifs is 1. The van der Waals surface area contributed by atoms with Gasteiger partial charge in [-0.3, -0.25) is 9.59 Å². The summed E-state index contributed by atoms with van der Waals surface area (Å²) in [5, 5.41) is 1.14. The Bertz CT molecular complexity index is 879. The molecular weight excluding hydrogens is 366 g/mol. The number of aromatic nitrogens is 2. The molecule has 1 aromatic carbocycles. The van der Waals surface area contributed by atoms with E-state index in [0.29, 0.717) is 16.4 Å². The zero-order valence-corrected chi connectivity index (χ0v) is 16.3. The maximum atomic E-state index is 13.0. The predicted molar refractivity (Wildman–Crippen MR) is 106 cm³/mol. The Labute approximate surface area is 161 Å². The Morgan fingerprint density at radius 2 is 2.08 bits per heavy atom. The average Bonchev–Trinajstić information content (AvgIpc) is 3.46. The van der Waals surface area contributed by atoms with Gasteiger partial charge < -0.3 is 9.47 Å². The second-order valence-electron chi connectivity index (χ2n) is 6.71. The van der Waals surface area contributed by atoms with Crippen molar-refractivity contribution >= 4 is 35.1 Å². The van der Waals surface area contributed by atoms with Crippen LogP contribution in [0.15, 0.2) is 51.4 Å². The number of rotatable bonds is 4. The normalized spacial score (nSPS) is 19.7. The van der Waals surface area contributed by atoms with E-state index in [9.17, 15) is 9.59 Å².